The summed E-state index contributed by atoms with van der Waals surface area (Å²) in [5.74, 6) is -1.51. The predicted molar refractivity (Wildman–Crippen MR) is 56.0 cm³/mol. The number of benzene rings is 1. The number of amides is 1. The van der Waals surface area contributed by atoms with Crippen LogP contribution in [0, 0.1) is 17.1 Å². The Morgan fingerprint density at radius 1 is 1.44 bits per heavy atom. The summed E-state index contributed by atoms with van der Waals surface area (Å²) >= 11 is 0. The molecule has 4 nitrogen and oxygen atoms in total. The Labute approximate surface area is 91.6 Å². The summed E-state index contributed by atoms with van der Waals surface area (Å²) in [6, 6.07) is 6.64. The number of carbonyl (C=O) groups excluding carboxylic acids is 1. The molecule has 0 aromatic heterocycles. The number of nitrogens with zero attached hydrogens (tertiary/aromatic N) is 1. The quantitative estimate of drug-likeness (QED) is 0.455. The first-order chi connectivity index (χ1) is 7.54. The Morgan fingerprint density at radius 3 is 2.44 bits per heavy atom. The lowest BCUT2D eigenvalue weighted by Crippen LogP contribution is -2.14. The predicted octanol–water partition coefficient (Wildman–Crippen LogP) is 2.12. The first kappa shape index (κ1) is 11.7. The number of nitriles is 1. The van der Waals surface area contributed by atoms with E-state index in [1.165, 1.54) is 31.2 Å². The van der Waals surface area contributed by atoms with E-state index in [4.69, 9.17) is 10.4 Å². The van der Waals surface area contributed by atoms with Crippen molar-refractivity contribution in [1.29, 1.82) is 5.26 Å². The zero-order valence-corrected chi connectivity index (χ0v) is 8.49. The minimum Gasteiger partial charge on any atom is -0.511 e. The number of rotatable bonds is 2. The van der Waals surface area contributed by atoms with E-state index in [1.54, 1.807) is 6.07 Å². The van der Waals surface area contributed by atoms with Crippen LogP contribution in [0.1, 0.15) is 6.92 Å². The summed E-state index contributed by atoms with van der Waals surface area (Å²) in [6.07, 6.45) is 0. The van der Waals surface area contributed by atoms with Gasteiger partial charge in [-0.3, -0.25) is 4.79 Å². The van der Waals surface area contributed by atoms with E-state index in [2.05, 4.69) is 5.32 Å². The number of anilines is 1. The van der Waals surface area contributed by atoms with Crippen molar-refractivity contribution in [2.75, 3.05) is 5.32 Å². The summed E-state index contributed by atoms with van der Waals surface area (Å²) in [5.41, 5.74) is -0.0234. The zero-order chi connectivity index (χ0) is 12.1. The van der Waals surface area contributed by atoms with E-state index >= 15 is 0 Å². The minimum absolute atomic E-state index is 0.348. The molecule has 2 N–H and O–H groups in total. The van der Waals surface area contributed by atoms with Crippen molar-refractivity contribution in [3.05, 3.63) is 41.4 Å². The third-order valence-corrected chi connectivity index (χ3v) is 1.80. The lowest BCUT2D eigenvalue weighted by Gasteiger charge is -2.04. The molecular formula is C11H9FN2O2. The topological polar surface area (TPSA) is 73.1 Å². The standard InChI is InChI=1S/C11H9FN2O2/c1-7(15)10(6-13)11(16)14-9-4-2-8(12)3-5-9/h2-5,15H,1H3,(H,14,16)/b10-7-. The molecule has 0 radical (unpaired) electrons. The Balaban J connectivity index is 2.84. The van der Waals surface area contributed by atoms with Crippen LogP contribution in [0.5, 0.6) is 0 Å². The number of hydrogen-bond donors (Lipinski definition) is 2. The molecule has 1 aromatic rings. The molecule has 1 aromatic carbocycles. The van der Waals surface area contributed by atoms with Crippen LogP contribution in [0.4, 0.5) is 10.1 Å². The Hall–Kier alpha value is -2.35. The Morgan fingerprint density at radius 2 is 2.00 bits per heavy atom. The van der Waals surface area contributed by atoms with Crippen molar-refractivity contribution in [1.82, 2.24) is 0 Å². The molecule has 0 aliphatic rings. The van der Waals surface area contributed by atoms with Gasteiger partial charge in [0.15, 0.2) is 5.57 Å². The van der Waals surface area contributed by atoms with Gasteiger partial charge < -0.3 is 10.4 Å². The highest BCUT2D eigenvalue weighted by Crippen LogP contribution is 2.10. The van der Waals surface area contributed by atoms with E-state index in [0.717, 1.165) is 0 Å². The highest BCUT2D eigenvalue weighted by Gasteiger charge is 2.12. The lowest BCUT2D eigenvalue weighted by atomic mass is 10.2. The smallest absolute Gasteiger partial charge is 0.269 e. The molecule has 0 unspecified atom stereocenters. The van der Waals surface area contributed by atoms with Gasteiger partial charge in [0.05, 0.1) is 0 Å². The molecule has 16 heavy (non-hydrogen) atoms. The monoisotopic (exact) mass is 220 g/mol. The van der Waals surface area contributed by atoms with Gasteiger partial charge in [-0.25, -0.2) is 4.39 Å². The van der Waals surface area contributed by atoms with E-state index in [0.29, 0.717) is 5.69 Å². The third kappa shape index (κ3) is 2.82. The van der Waals surface area contributed by atoms with E-state index in [9.17, 15) is 9.18 Å². The number of aliphatic hydroxyl groups is 1. The van der Waals surface area contributed by atoms with Gasteiger partial charge in [-0.1, -0.05) is 0 Å². The van der Waals surface area contributed by atoms with Crippen LogP contribution in [-0.4, -0.2) is 11.0 Å². The van der Waals surface area contributed by atoms with Crippen LogP contribution in [0.15, 0.2) is 35.6 Å². The van der Waals surface area contributed by atoms with Gasteiger partial charge in [0.25, 0.3) is 5.91 Å². The number of hydrogen-bond acceptors (Lipinski definition) is 3. The molecule has 0 fully saturated rings. The van der Waals surface area contributed by atoms with Crippen LogP contribution >= 0.6 is 0 Å². The lowest BCUT2D eigenvalue weighted by molar-refractivity contribution is -0.112. The van der Waals surface area contributed by atoms with Crippen molar-refractivity contribution in [3.8, 4) is 6.07 Å². The summed E-state index contributed by atoms with van der Waals surface area (Å²) in [4.78, 5) is 11.4. The molecule has 0 bridgehead atoms. The van der Waals surface area contributed by atoms with Gasteiger partial charge in [-0.05, 0) is 31.2 Å². The molecule has 0 spiro atoms. The molecule has 82 valence electrons. The van der Waals surface area contributed by atoms with Gasteiger partial charge in [0.2, 0.25) is 0 Å². The average molecular weight is 220 g/mol. The fourth-order valence-corrected chi connectivity index (χ4v) is 1.02. The van der Waals surface area contributed by atoms with Crippen molar-refractivity contribution < 1.29 is 14.3 Å². The molecule has 5 heteroatoms. The summed E-state index contributed by atoms with van der Waals surface area (Å²) in [6.45, 7) is 1.24. The fraction of sp³-hybridized carbons (Fsp3) is 0.0909. The molecule has 0 aliphatic carbocycles. The fourth-order valence-electron chi connectivity index (χ4n) is 1.02. The van der Waals surface area contributed by atoms with Gasteiger partial charge in [-0.2, -0.15) is 5.26 Å². The molecule has 0 heterocycles. The number of nitrogens with one attached hydrogen (secondary N) is 1. The van der Waals surface area contributed by atoms with Crippen molar-refractivity contribution in [3.63, 3.8) is 0 Å². The van der Waals surface area contributed by atoms with E-state index in [-0.39, 0.29) is 11.3 Å². The van der Waals surface area contributed by atoms with Crippen molar-refractivity contribution in [2.45, 2.75) is 6.92 Å². The van der Waals surface area contributed by atoms with Crippen LogP contribution in [0.2, 0.25) is 0 Å². The molecule has 1 amide bonds. The van der Waals surface area contributed by atoms with E-state index < -0.39 is 11.7 Å². The largest absolute Gasteiger partial charge is 0.511 e. The SMILES string of the molecule is C/C(O)=C(\C#N)C(=O)Nc1ccc(F)cc1. The molecular weight excluding hydrogens is 211 g/mol. The highest BCUT2D eigenvalue weighted by molar-refractivity contribution is 6.06. The molecule has 0 aliphatic heterocycles. The summed E-state index contributed by atoms with van der Waals surface area (Å²) in [5, 5.41) is 20.0. The normalized spacial score (nSPS) is 11.3. The van der Waals surface area contributed by atoms with Crippen LogP contribution < -0.4 is 5.32 Å². The van der Waals surface area contributed by atoms with Gasteiger partial charge >= 0.3 is 0 Å². The molecule has 1 rings (SSSR count). The first-order valence-electron chi connectivity index (χ1n) is 4.41. The number of halogens is 1. The maximum Gasteiger partial charge on any atom is 0.269 e. The minimum atomic E-state index is -0.728. The maximum atomic E-state index is 12.6. The second kappa shape index (κ2) is 4.94. The maximum absolute atomic E-state index is 12.6. The molecule has 0 atom stereocenters. The van der Waals surface area contributed by atoms with Crippen LogP contribution in [0.25, 0.3) is 0 Å². The van der Waals surface area contributed by atoms with E-state index in [1.807, 2.05) is 0 Å². The van der Waals surface area contributed by atoms with Gasteiger partial charge in [0.1, 0.15) is 17.6 Å². The number of carbonyl (C=O) groups is 1. The molecule has 0 saturated heterocycles. The van der Waals surface area contributed by atoms with Gasteiger partial charge in [0, 0.05) is 5.69 Å². The van der Waals surface area contributed by atoms with Crippen molar-refractivity contribution in [2.24, 2.45) is 0 Å². The third-order valence-electron chi connectivity index (χ3n) is 1.80. The van der Waals surface area contributed by atoms with Crippen LogP contribution in [-0.2, 0) is 4.79 Å². The average Bonchev–Trinajstić information content (AvgIpc) is 2.22. The Kier molecular flexibility index (Phi) is 3.62. The number of allylic oxidation sites excluding steroid dienone is 1. The van der Waals surface area contributed by atoms with Crippen molar-refractivity contribution >= 4 is 11.6 Å². The van der Waals surface area contributed by atoms with Gasteiger partial charge in [-0.15, -0.1) is 0 Å². The first-order valence-corrected chi connectivity index (χ1v) is 4.41. The summed E-state index contributed by atoms with van der Waals surface area (Å²) < 4.78 is 12.6. The summed E-state index contributed by atoms with van der Waals surface area (Å²) in [7, 11) is 0. The molecule has 0 saturated carbocycles. The number of aliphatic hydroxyl groups excluding tert-OH is 1. The van der Waals surface area contributed by atoms with Crippen LogP contribution in [0.3, 0.4) is 0 Å². The second-order valence-corrected chi connectivity index (χ2v) is 3.03. The zero-order valence-electron chi connectivity index (χ0n) is 8.49. The Bertz CT molecular complexity index is 468. The second-order valence-electron chi connectivity index (χ2n) is 3.03. The highest BCUT2D eigenvalue weighted by atomic mass is 19.1.